The number of amides is 2. The molecule has 3 aliphatic rings. The molecule has 1 aromatic carbocycles. The lowest BCUT2D eigenvalue weighted by Crippen LogP contribution is -2.57. The number of alkyl halides is 1. The Hall–Kier alpha value is -2.26. The van der Waals surface area contributed by atoms with Crippen molar-refractivity contribution in [3.8, 4) is 0 Å². The zero-order valence-corrected chi connectivity index (χ0v) is 16.3. The summed E-state index contributed by atoms with van der Waals surface area (Å²) in [7, 11) is 0. The minimum Gasteiger partial charge on any atom is -0.374 e. The van der Waals surface area contributed by atoms with Crippen molar-refractivity contribution in [2.75, 3.05) is 49.5 Å². The Bertz CT molecular complexity index is 771. The molecule has 158 valence electrons. The molecular weight excluding hydrogens is 380 g/mol. The van der Waals surface area contributed by atoms with Crippen LogP contribution in [-0.2, 0) is 9.59 Å². The largest absolute Gasteiger partial charge is 0.374 e. The minimum absolute atomic E-state index is 0.107. The molecule has 3 saturated heterocycles. The van der Waals surface area contributed by atoms with E-state index >= 15 is 0 Å². The van der Waals surface area contributed by atoms with Crippen LogP contribution in [0.2, 0.25) is 0 Å². The van der Waals surface area contributed by atoms with Crippen molar-refractivity contribution >= 4 is 23.2 Å². The Morgan fingerprint density at radius 2 is 1.90 bits per heavy atom. The molecule has 29 heavy (non-hydrogen) atoms. The third-order valence-electron chi connectivity index (χ3n) is 6.00. The number of nitrogens with zero attached hydrogens (tertiary/aromatic N) is 2. The molecule has 3 N–H and O–H groups in total. The highest BCUT2D eigenvalue weighted by atomic mass is 19.1. The molecular formula is C20H27F2N5O2. The molecule has 3 aliphatic heterocycles. The van der Waals surface area contributed by atoms with E-state index in [-0.39, 0.29) is 24.9 Å². The lowest BCUT2D eigenvalue weighted by molar-refractivity contribution is -0.133. The first kappa shape index (κ1) is 20.0. The van der Waals surface area contributed by atoms with Gasteiger partial charge in [-0.25, -0.2) is 8.78 Å². The van der Waals surface area contributed by atoms with E-state index < -0.39 is 23.9 Å². The average molecular weight is 407 g/mol. The highest BCUT2D eigenvalue weighted by molar-refractivity contribution is 6.01. The van der Waals surface area contributed by atoms with E-state index in [1.165, 1.54) is 6.07 Å². The van der Waals surface area contributed by atoms with Gasteiger partial charge in [-0.1, -0.05) is 0 Å². The monoisotopic (exact) mass is 407 g/mol. The van der Waals surface area contributed by atoms with Crippen molar-refractivity contribution in [3.05, 3.63) is 24.0 Å². The molecule has 0 aromatic heterocycles. The molecule has 3 unspecified atom stereocenters. The third-order valence-corrected chi connectivity index (χ3v) is 6.00. The maximum absolute atomic E-state index is 14.9. The molecule has 7 nitrogen and oxygen atoms in total. The zero-order valence-electron chi connectivity index (χ0n) is 16.3. The normalized spacial score (nSPS) is 28.9. The van der Waals surface area contributed by atoms with Crippen LogP contribution in [0.4, 0.5) is 20.2 Å². The Morgan fingerprint density at radius 1 is 1.10 bits per heavy atom. The number of carbonyl (C=O) groups is 2. The number of nitrogens with one attached hydrogen (secondary N) is 3. The number of piperazine rings is 1. The first-order valence-electron chi connectivity index (χ1n) is 10.2. The quantitative estimate of drug-likeness (QED) is 0.643. The van der Waals surface area contributed by atoms with Crippen molar-refractivity contribution < 1.29 is 18.4 Å². The summed E-state index contributed by atoms with van der Waals surface area (Å²) in [4.78, 5) is 27.0. The van der Waals surface area contributed by atoms with Crippen molar-refractivity contribution in [1.29, 1.82) is 0 Å². The first-order valence-corrected chi connectivity index (χ1v) is 10.2. The van der Waals surface area contributed by atoms with Gasteiger partial charge in [-0.15, -0.1) is 0 Å². The lowest BCUT2D eigenvalue weighted by atomic mass is 9.99. The Labute approximate surface area is 168 Å². The van der Waals surface area contributed by atoms with E-state index in [1.54, 1.807) is 17.0 Å². The molecule has 9 heteroatoms. The molecule has 3 heterocycles. The van der Waals surface area contributed by atoms with Crippen LogP contribution < -0.4 is 20.9 Å². The van der Waals surface area contributed by atoms with Gasteiger partial charge < -0.3 is 15.5 Å². The van der Waals surface area contributed by atoms with E-state index in [0.29, 0.717) is 30.8 Å². The lowest BCUT2D eigenvalue weighted by Gasteiger charge is -2.43. The van der Waals surface area contributed by atoms with Gasteiger partial charge in [0.1, 0.15) is 18.0 Å². The number of hydrogen-bond donors (Lipinski definition) is 3. The van der Waals surface area contributed by atoms with E-state index in [1.807, 2.05) is 0 Å². The second-order valence-electron chi connectivity index (χ2n) is 7.92. The van der Waals surface area contributed by atoms with Crippen molar-refractivity contribution in [2.24, 2.45) is 0 Å². The van der Waals surface area contributed by atoms with Gasteiger partial charge in [0.15, 0.2) is 0 Å². The molecule has 3 atom stereocenters. The van der Waals surface area contributed by atoms with Crippen LogP contribution in [0.3, 0.4) is 0 Å². The van der Waals surface area contributed by atoms with E-state index in [9.17, 15) is 18.4 Å². The molecule has 0 aliphatic carbocycles. The van der Waals surface area contributed by atoms with Gasteiger partial charge in [0.05, 0.1) is 12.2 Å². The zero-order chi connectivity index (χ0) is 20.4. The maximum Gasteiger partial charge on any atom is 0.249 e. The van der Waals surface area contributed by atoms with E-state index in [0.717, 1.165) is 26.2 Å². The van der Waals surface area contributed by atoms with E-state index in [4.69, 9.17) is 0 Å². The maximum atomic E-state index is 14.9. The summed E-state index contributed by atoms with van der Waals surface area (Å²) in [6.45, 7) is 4.23. The van der Waals surface area contributed by atoms with Crippen molar-refractivity contribution in [2.45, 2.75) is 37.5 Å². The van der Waals surface area contributed by atoms with Crippen LogP contribution in [0.5, 0.6) is 0 Å². The minimum atomic E-state index is -1.03. The summed E-state index contributed by atoms with van der Waals surface area (Å²) in [5.41, 5.74) is 0.841. The summed E-state index contributed by atoms with van der Waals surface area (Å²) in [5.74, 6) is -1.14. The highest BCUT2D eigenvalue weighted by Crippen LogP contribution is 2.29. The fraction of sp³-hybridized carbons (Fsp3) is 0.600. The molecule has 0 bridgehead atoms. The predicted octanol–water partition coefficient (Wildman–Crippen LogP) is 0.865. The number of benzene rings is 1. The van der Waals surface area contributed by atoms with Crippen molar-refractivity contribution in [3.63, 3.8) is 0 Å². The number of anilines is 2. The fourth-order valence-electron chi connectivity index (χ4n) is 4.42. The number of piperidine rings is 2. The van der Waals surface area contributed by atoms with Gasteiger partial charge in [-0.3, -0.25) is 19.8 Å². The Balaban J connectivity index is 1.38. The van der Waals surface area contributed by atoms with Gasteiger partial charge >= 0.3 is 0 Å². The van der Waals surface area contributed by atoms with Crippen LogP contribution in [0.25, 0.3) is 0 Å². The standard InChI is InChI=1S/C20H27F2N5O2/c21-14-11-13(24-16-2-4-19(28)25-20(16)29)1-3-17(14)27-8-5-18(15(22)12-27)26-9-6-23-7-10-26/h1,3,11,15-16,18,23-24H,2,4-10,12H2,(H,25,28,29). The highest BCUT2D eigenvalue weighted by Gasteiger charge is 2.34. The number of imide groups is 1. The predicted molar refractivity (Wildman–Crippen MR) is 106 cm³/mol. The molecule has 1 aromatic rings. The second kappa shape index (κ2) is 8.62. The van der Waals surface area contributed by atoms with Crippen LogP contribution >= 0.6 is 0 Å². The molecule has 3 fully saturated rings. The van der Waals surface area contributed by atoms with Crippen LogP contribution in [0.1, 0.15) is 19.3 Å². The number of carbonyl (C=O) groups excluding carboxylic acids is 2. The molecule has 2 amide bonds. The summed E-state index contributed by atoms with van der Waals surface area (Å²) >= 11 is 0. The van der Waals surface area contributed by atoms with Gasteiger partial charge in [-0.05, 0) is 31.0 Å². The van der Waals surface area contributed by atoms with Crippen LogP contribution in [0, 0.1) is 5.82 Å². The topological polar surface area (TPSA) is 76.7 Å². The van der Waals surface area contributed by atoms with E-state index in [2.05, 4.69) is 20.9 Å². The van der Waals surface area contributed by atoms with Crippen LogP contribution in [-0.4, -0.2) is 74.2 Å². The summed E-state index contributed by atoms with van der Waals surface area (Å²) in [6, 6.07) is 3.97. The fourth-order valence-corrected chi connectivity index (χ4v) is 4.42. The molecule has 0 spiro atoms. The summed E-state index contributed by atoms with van der Waals surface area (Å²) in [6.07, 6.45) is 0.264. The van der Waals surface area contributed by atoms with Gasteiger partial charge in [-0.2, -0.15) is 0 Å². The van der Waals surface area contributed by atoms with Gasteiger partial charge in [0.25, 0.3) is 0 Å². The number of rotatable bonds is 4. The smallest absolute Gasteiger partial charge is 0.249 e. The number of halogens is 2. The summed E-state index contributed by atoms with van der Waals surface area (Å²) < 4.78 is 29.6. The molecule has 0 radical (unpaired) electrons. The van der Waals surface area contributed by atoms with Gasteiger partial charge in [0, 0.05) is 50.9 Å². The second-order valence-corrected chi connectivity index (χ2v) is 7.92. The third kappa shape index (κ3) is 4.51. The average Bonchev–Trinajstić information content (AvgIpc) is 2.71. The van der Waals surface area contributed by atoms with Gasteiger partial charge in [0.2, 0.25) is 11.8 Å². The Morgan fingerprint density at radius 3 is 2.59 bits per heavy atom. The first-order chi connectivity index (χ1) is 14.0. The molecule has 4 rings (SSSR count). The SMILES string of the molecule is O=C1CCC(Nc2ccc(N3CCC(N4CCNCC4)C(F)C3)c(F)c2)C(=O)N1. The van der Waals surface area contributed by atoms with Crippen LogP contribution in [0.15, 0.2) is 18.2 Å². The Kier molecular flexibility index (Phi) is 5.96. The van der Waals surface area contributed by atoms with Crippen molar-refractivity contribution in [1.82, 2.24) is 15.5 Å². The number of hydrogen-bond acceptors (Lipinski definition) is 6. The molecule has 0 saturated carbocycles. The summed E-state index contributed by atoms with van der Waals surface area (Å²) in [5, 5.41) is 8.52.